The molecule has 16 heavy (non-hydrogen) atoms. The zero-order valence-corrected chi connectivity index (χ0v) is 10.8. The fraction of sp³-hybridized carbons (Fsp3) is 1.00. The molecule has 0 aromatic carbocycles. The van der Waals surface area contributed by atoms with E-state index in [0.717, 1.165) is 0 Å². The molecule has 0 heterocycles. The molecule has 1 atom stereocenters. The van der Waals surface area contributed by atoms with Crippen molar-refractivity contribution in [2.24, 2.45) is 5.92 Å². The van der Waals surface area contributed by atoms with Gasteiger partial charge in [0.25, 0.3) is 0 Å². The van der Waals surface area contributed by atoms with Crippen LogP contribution in [0, 0.1) is 5.92 Å². The third-order valence-electron chi connectivity index (χ3n) is 1.93. The molecule has 0 radical (unpaired) electrons. The van der Waals surface area contributed by atoms with Crippen LogP contribution in [0.4, 0.5) is 13.2 Å². The predicted octanol–water partition coefficient (Wildman–Crippen LogP) is 3.84. The number of halogens is 3. The van der Waals surface area contributed by atoms with E-state index < -0.39 is 25.3 Å². The predicted molar refractivity (Wildman–Crippen MR) is 55.5 cm³/mol. The smallest absolute Gasteiger partial charge is 0.308 e. The molecule has 0 aromatic rings. The van der Waals surface area contributed by atoms with Gasteiger partial charge in [0.15, 0.2) is 5.66 Å². The van der Waals surface area contributed by atoms with Gasteiger partial charge in [0.2, 0.25) is 0 Å². The van der Waals surface area contributed by atoms with Gasteiger partial charge in [0, 0.05) is 0 Å². The SMILES string of the molecule is CCOP(=O)(OCC)C(C(C)C)C(F)(F)F. The molecule has 98 valence electrons. The molecule has 0 aliphatic rings. The first-order valence-electron chi connectivity index (χ1n) is 5.14. The summed E-state index contributed by atoms with van der Waals surface area (Å²) in [6.45, 7) is 5.53. The third-order valence-corrected chi connectivity index (χ3v) is 4.73. The lowest BCUT2D eigenvalue weighted by molar-refractivity contribution is -0.142. The summed E-state index contributed by atoms with van der Waals surface area (Å²) in [7, 11) is -4.13. The van der Waals surface area contributed by atoms with Gasteiger partial charge in [0.05, 0.1) is 13.2 Å². The van der Waals surface area contributed by atoms with Gasteiger partial charge in [0.1, 0.15) is 0 Å². The average Bonchev–Trinajstić information content (AvgIpc) is 1.99. The van der Waals surface area contributed by atoms with Gasteiger partial charge in [-0.15, -0.1) is 0 Å². The lowest BCUT2D eigenvalue weighted by Gasteiger charge is -2.30. The highest BCUT2D eigenvalue weighted by molar-refractivity contribution is 7.54. The van der Waals surface area contributed by atoms with Crippen molar-refractivity contribution in [2.45, 2.75) is 39.5 Å². The van der Waals surface area contributed by atoms with E-state index in [4.69, 9.17) is 9.05 Å². The van der Waals surface area contributed by atoms with E-state index in [1.807, 2.05) is 0 Å². The van der Waals surface area contributed by atoms with Crippen LogP contribution in [-0.2, 0) is 13.6 Å². The van der Waals surface area contributed by atoms with Crippen LogP contribution in [0.2, 0.25) is 0 Å². The van der Waals surface area contributed by atoms with Crippen LogP contribution in [-0.4, -0.2) is 25.0 Å². The molecule has 0 spiro atoms. The molecule has 3 nitrogen and oxygen atoms in total. The monoisotopic (exact) mass is 262 g/mol. The Kier molecular flexibility index (Phi) is 6.01. The maximum Gasteiger partial charge on any atom is 0.403 e. The number of alkyl halides is 3. The minimum Gasteiger partial charge on any atom is -0.308 e. The summed E-state index contributed by atoms with van der Waals surface area (Å²) in [4.78, 5) is 0. The third kappa shape index (κ3) is 4.07. The molecule has 0 bridgehead atoms. The quantitative estimate of drug-likeness (QED) is 0.682. The molecule has 7 heteroatoms. The zero-order valence-electron chi connectivity index (χ0n) is 9.87. The van der Waals surface area contributed by atoms with Crippen molar-refractivity contribution in [1.29, 1.82) is 0 Å². The van der Waals surface area contributed by atoms with Crippen LogP contribution >= 0.6 is 7.60 Å². The first-order valence-corrected chi connectivity index (χ1v) is 6.75. The Labute approximate surface area is 93.8 Å². The van der Waals surface area contributed by atoms with Crippen molar-refractivity contribution in [3.63, 3.8) is 0 Å². The summed E-state index contributed by atoms with van der Waals surface area (Å²) in [5.74, 6) is -0.857. The van der Waals surface area contributed by atoms with Gasteiger partial charge < -0.3 is 9.05 Å². The van der Waals surface area contributed by atoms with Crippen LogP contribution in [0.5, 0.6) is 0 Å². The molecule has 0 aromatic heterocycles. The molecule has 0 rings (SSSR count). The van der Waals surface area contributed by atoms with Crippen molar-refractivity contribution in [3.05, 3.63) is 0 Å². The van der Waals surface area contributed by atoms with E-state index in [9.17, 15) is 17.7 Å². The molecule has 0 aliphatic heterocycles. The first kappa shape index (κ1) is 15.9. The maximum absolute atomic E-state index is 12.8. The van der Waals surface area contributed by atoms with Crippen molar-refractivity contribution >= 4 is 7.60 Å². The Hall–Kier alpha value is -0.0600. The fourth-order valence-corrected chi connectivity index (χ4v) is 3.68. The van der Waals surface area contributed by atoms with E-state index in [0.29, 0.717) is 0 Å². The Morgan fingerprint density at radius 1 is 1.12 bits per heavy atom. The normalized spacial score (nSPS) is 15.5. The molecule has 1 unspecified atom stereocenters. The van der Waals surface area contributed by atoms with Gasteiger partial charge in [-0.3, -0.25) is 4.57 Å². The van der Waals surface area contributed by atoms with E-state index in [2.05, 4.69) is 0 Å². The molecule has 0 saturated heterocycles. The van der Waals surface area contributed by atoms with Gasteiger partial charge in [-0.05, 0) is 19.8 Å². The first-order chi connectivity index (χ1) is 7.19. The topological polar surface area (TPSA) is 35.5 Å². The van der Waals surface area contributed by atoms with Crippen LogP contribution in [0.3, 0.4) is 0 Å². The molecule has 0 aliphatic carbocycles. The molecule has 0 saturated carbocycles. The van der Waals surface area contributed by atoms with E-state index >= 15 is 0 Å². The summed E-state index contributed by atoms with van der Waals surface area (Å²) >= 11 is 0. The summed E-state index contributed by atoms with van der Waals surface area (Å²) in [5.41, 5.74) is -2.07. The Morgan fingerprint density at radius 3 is 1.69 bits per heavy atom. The van der Waals surface area contributed by atoms with Gasteiger partial charge in [-0.2, -0.15) is 13.2 Å². The van der Waals surface area contributed by atoms with E-state index in [-0.39, 0.29) is 13.2 Å². The molecule has 0 fully saturated rings. The van der Waals surface area contributed by atoms with E-state index in [1.165, 1.54) is 27.7 Å². The minimum atomic E-state index is -4.59. The minimum absolute atomic E-state index is 0.0728. The molecular weight excluding hydrogens is 244 g/mol. The van der Waals surface area contributed by atoms with Crippen molar-refractivity contribution < 1.29 is 26.8 Å². The summed E-state index contributed by atoms with van der Waals surface area (Å²) < 4.78 is 59.8. The Morgan fingerprint density at radius 2 is 1.50 bits per heavy atom. The van der Waals surface area contributed by atoms with Crippen molar-refractivity contribution in [2.75, 3.05) is 13.2 Å². The highest BCUT2D eigenvalue weighted by Gasteiger charge is 2.55. The Balaban J connectivity index is 5.19. The highest BCUT2D eigenvalue weighted by Crippen LogP contribution is 2.60. The molecule has 0 N–H and O–H groups in total. The van der Waals surface area contributed by atoms with Crippen LogP contribution in [0.25, 0.3) is 0 Å². The summed E-state index contributed by atoms with van der Waals surface area (Å²) in [5, 5.41) is 0. The molecule has 0 amide bonds. The van der Waals surface area contributed by atoms with Crippen molar-refractivity contribution in [1.82, 2.24) is 0 Å². The largest absolute Gasteiger partial charge is 0.403 e. The number of hydrogen-bond acceptors (Lipinski definition) is 3. The fourth-order valence-electron chi connectivity index (χ4n) is 1.48. The van der Waals surface area contributed by atoms with Gasteiger partial charge >= 0.3 is 13.8 Å². The molecular formula is C9H18F3O3P. The lowest BCUT2D eigenvalue weighted by Crippen LogP contribution is -2.35. The standard InChI is InChI=1S/C9H18F3O3P/c1-5-14-16(13,15-6-2)8(7(3)4)9(10,11)12/h7-8H,5-6H2,1-4H3. The number of hydrogen-bond donors (Lipinski definition) is 0. The maximum atomic E-state index is 12.8. The van der Waals surface area contributed by atoms with Gasteiger partial charge in [-0.1, -0.05) is 13.8 Å². The summed E-state index contributed by atoms with van der Waals surface area (Å²) in [6.07, 6.45) is -4.59. The second-order valence-corrected chi connectivity index (χ2v) is 5.76. The zero-order chi connectivity index (χ0) is 13.0. The second kappa shape index (κ2) is 6.03. The average molecular weight is 262 g/mol. The van der Waals surface area contributed by atoms with Crippen LogP contribution in [0.15, 0.2) is 0 Å². The summed E-state index contributed by atoms with van der Waals surface area (Å²) in [6, 6.07) is 0. The lowest BCUT2D eigenvalue weighted by atomic mass is 10.1. The van der Waals surface area contributed by atoms with Crippen molar-refractivity contribution in [3.8, 4) is 0 Å². The highest BCUT2D eigenvalue weighted by atomic mass is 31.2. The number of rotatable bonds is 6. The van der Waals surface area contributed by atoms with Crippen LogP contribution < -0.4 is 0 Å². The van der Waals surface area contributed by atoms with Crippen LogP contribution in [0.1, 0.15) is 27.7 Å². The second-order valence-electron chi connectivity index (χ2n) is 3.61. The Bertz CT molecular complexity index is 243. The van der Waals surface area contributed by atoms with Gasteiger partial charge in [-0.25, -0.2) is 0 Å². The van der Waals surface area contributed by atoms with E-state index in [1.54, 1.807) is 0 Å².